The summed E-state index contributed by atoms with van der Waals surface area (Å²) in [6, 6.07) is 8.71. The summed E-state index contributed by atoms with van der Waals surface area (Å²) in [4.78, 5) is -0.397. The molecule has 1 unspecified atom stereocenters. The Morgan fingerprint density at radius 2 is 1.80 bits per heavy atom. The fourth-order valence-electron chi connectivity index (χ4n) is 3.98. The zero-order chi connectivity index (χ0) is 21.4. The predicted molar refractivity (Wildman–Crippen MR) is 103 cm³/mol. The van der Waals surface area contributed by atoms with Crippen molar-refractivity contribution < 1.29 is 31.1 Å². The first-order valence-corrected chi connectivity index (χ1v) is 11.1. The van der Waals surface area contributed by atoms with Crippen molar-refractivity contribution in [3.05, 3.63) is 65.5 Å². The molecule has 2 saturated heterocycles. The van der Waals surface area contributed by atoms with Crippen LogP contribution in [-0.4, -0.2) is 44.6 Å². The lowest BCUT2D eigenvalue weighted by atomic mass is 9.88. The van der Waals surface area contributed by atoms with Crippen LogP contribution >= 0.6 is 0 Å². The van der Waals surface area contributed by atoms with E-state index in [0.717, 1.165) is 18.6 Å². The van der Waals surface area contributed by atoms with Crippen LogP contribution in [0.3, 0.4) is 0 Å². The van der Waals surface area contributed by atoms with Crippen molar-refractivity contribution in [2.24, 2.45) is 5.92 Å². The van der Waals surface area contributed by atoms with Gasteiger partial charge >= 0.3 is 0 Å². The van der Waals surface area contributed by atoms with Crippen molar-refractivity contribution >= 4 is 10.0 Å². The summed E-state index contributed by atoms with van der Waals surface area (Å²) in [5.41, 5.74) is -0.0555. The van der Waals surface area contributed by atoms with E-state index in [2.05, 4.69) is 0 Å². The molecule has 162 valence electrons. The molecule has 0 bridgehead atoms. The molecule has 9 heteroatoms. The Morgan fingerprint density at radius 1 is 1.10 bits per heavy atom. The molecular formula is C21H22F3NO4S. The number of sulfonamides is 1. The van der Waals surface area contributed by atoms with Gasteiger partial charge in [-0.25, -0.2) is 21.6 Å². The van der Waals surface area contributed by atoms with Crippen LogP contribution < -0.4 is 0 Å². The molecule has 2 aliphatic heterocycles. The number of hydrogen-bond acceptors (Lipinski definition) is 4. The number of ether oxygens (including phenoxy) is 2. The highest BCUT2D eigenvalue weighted by Gasteiger charge is 2.53. The molecule has 0 amide bonds. The second-order valence-electron chi connectivity index (χ2n) is 7.88. The van der Waals surface area contributed by atoms with Gasteiger partial charge in [0.1, 0.15) is 17.5 Å². The molecule has 2 fully saturated rings. The minimum atomic E-state index is -3.97. The summed E-state index contributed by atoms with van der Waals surface area (Å²) in [6.45, 7) is 1.44. The lowest BCUT2D eigenvalue weighted by Crippen LogP contribution is -2.63. The average Bonchev–Trinajstić information content (AvgIpc) is 3.09. The van der Waals surface area contributed by atoms with E-state index in [1.54, 1.807) is 18.2 Å². The van der Waals surface area contributed by atoms with Crippen molar-refractivity contribution in [3.63, 3.8) is 0 Å². The number of benzene rings is 2. The summed E-state index contributed by atoms with van der Waals surface area (Å²) >= 11 is 0. The highest BCUT2D eigenvalue weighted by molar-refractivity contribution is 7.89. The molecule has 30 heavy (non-hydrogen) atoms. The van der Waals surface area contributed by atoms with E-state index < -0.39 is 32.2 Å². The second-order valence-corrected chi connectivity index (χ2v) is 9.81. The molecule has 2 aromatic rings. The van der Waals surface area contributed by atoms with Crippen molar-refractivity contribution in [3.8, 4) is 0 Å². The third-order valence-corrected chi connectivity index (χ3v) is 7.34. The van der Waals surface area contributed by atoms with E-state index in [1.807, 2.05) is 0 Å². The third-order valence-electron chi connectivity index (χ3n) is 5.57. The maximum Gasteiger partial charge on any atom is 0.243 e. The Morgan fingerprint density at radius 3 is 2.50 bits per heavy atom. The van der Waals surface area contributed by atoms with E-state index in [9.17, 15) is 21.6 Å². The van der Waals surface area contributed by atoms with Crippen molar-refractivity contribution in [1.82, 2.24) is 4.31 Å². The fraction of sp³-hybridized carbons (Fsp3) is 0.429. The quantitative estimate of drug-likeness (QED) is 0.618. The van der Waals surface area contributed by atoms with Gasteiger partial charge in [-0.15, -0.1) is 0 Å². The lowest BCUT2D eigenvalue weighted by Gasteiger charge is -2.46. The van der Waals surface area contributed by atoms with Crippen LogP contribution in [0.25, 0.3) is 0 Å². The molecule has 0 aliphatic carbocycles. The molecule has 0 aromatic heterocycles. The molecule has 0 radical (unpaired) electrons. The van der Waals surface area contributed by atoms with E-state index in [4.69, 9.17) is 9.47 Å². The molecule has 5 nitrogen and oxygen atoms in total. The van der Waals surface area contributed by atoms with Crippen LogP contribution in [0.15, 0.2) is 47.4 Å². The van der Waals surface area contributed by atoms with Crippen LogP contribution in [0, 0.1) is 23.4 Å². The van der Waals surface area contributed by atoms with Crippen molar-refractivity contribution in [1.29, 1.82) is 0 Å². The second kappa shape index (κ2) is 8.30. The lowest BCUT2D eigenvalue weighted by molar-refractivity contribution is -0.0774. The summed E-state index contributed by atoms with van der Waals surface area (Å²) in [7, 11) is -3.97. The Hall–Kier alpha value is -1.94. The Labute approximate surface area is 173 Å². The van der Waals surface area contributed by atoms with Gasteiger partial charge in [-0.3, -0.25) is 0 Å². The van der Waals surface area contributed by atoms with Gasteiger partial charge in [0.05, 0.1) is 23.7 Å². The molecule has 1 atom stereocenters. The van der Waals surface area contributed by atoms with Gasteiger partial charge in [0.15, 0.2) is 0 Å². The molecule has 2 aliphatic rings. The summed E-state index contributed by atoms with van der Waals surface area (Å²) < 4.78 is 78.2. The minimum absolute atomic E-state index is 0.153. The number of hydrogen-bond donors (Lipinski definition) is 0. The van der Waals surface area contributed by atoms with Crippen molar-refractivity contribution in [2.45, 2.75) is 29.9 Å². The smallest absolute Gasteiger partial charge is 0.243 e. The molecule has 0 saturated carbocycles. The van der Waals surface area contributed by atoms with Gasteiger partial charge in [0.2, 0.25) is 10.0 Å². The van der Waals surface area contributed by atoms with E-state index in [0.29, 0.717) is 31.3 Å². The summed E-state index contributed by atoms with van der Waals surface area (Å²) in [5.74, 6) is -1.95. The molecule has 0 N–H and O–H groups in total. The average molecular weight is 441 g/mol. The van der Waals surface area contributed by atoms with Crippen LogP contribution in [0.5, 0.6) is 0 Å². The molecule has 2 heterocycles. The van der Waals surface area contributed by atoms with Crippen LogP contribution in [-0.2, 0) is 26.1 Å². The summed E-state index contributed by atoms with van der Waals surface area (Å²) in [6.07, 6.45) is 1.40. The standard InChI is InChI=1S/C21H22F3NO4S/c22-17-7-18(23)9-19(8-17)30(26,27)25-13-21(14-25)10-15(11-29-21)5-6-28-12-16-3-1-2-4-20(16)24/h1-4,7-9,15H,5-6,10-14H2. The maximum atomic E-state index is 13.6. The maximum absolute atomic E-state index is 13.6. The Balaban J connectivity index is 1.26. The van der Waals surface area contributed by atoms with E-state index in [1.165, 1.54) is 10.4 Å². The zero-order valence-electron chi connectivity index (χ0n) is 16.2. The zero-order valence-corrected chi connectivity index (χ0v) is 17.0. The van der Waals surface area contributed by atoms with Crippen LogP contribution in [0.2, 0.25) is 0 Å². The topological polar surface area (TPSA) is 55.8 Å². The highest BCUT2D eigenvalue weighted by Crippen LogP contribution is 2.41. The first-order chi connectivity index (χ1) is 14.3. The van der Waals surface area contributed by atoms with Gasteiger partial charge < -0.3 is 9.47 Å². The number of halogens is 3. The first-order valence-electron chi connectivity index (χ1n) is 9.69. The Kier molecular flexibility index (Phi) is 5.89. The van der Waals surface area contributed by atoms with E-state index >= 15 is 0 Å². The van der Waals surface area contributed by atoms with Gasteiger partial charge in [-0.2, -0.15) is 4.31 Å². The van der Waals surface area contributed by atoms with Crippen LogP contribution in [0.1, 0.15) is 18.4 Å². The first kappa shape index (κ1) is 21.3. The molecule has 1 spiro atoms. The fourth-order valence-corrected chi connectivity index (χ4v) is 5.62. The normalized spacial score (nSPS) is 21.1. The van der Waals surface area contributed by atoms with Gasteiger partial charge in [0, 0.05) is 31.3 Å². The monoisotopic (exact) mass is 441 g/mol. The van der Waals surface area contributed by atoms with Gasteiger partial charge in [0.25, 0.3) is 0 Å². The van der Waals surface area contributed by atoms with Crippen molar-refractivity contribution in [2.75, 3.05) is 26.3 Å². The van der Waals surface area contributed by atoms with Gasteiger partial charge in [-0.1, -0.05) is 18.2 Å². The third kappa shape index (κ3) is 4.39. The summed E-state index contributed by atoms with van der Waals surface area (Å²) in [5, 5.41) is 0. The highest BCUT2D eigenvalue weighted by atomic mass is 32.2. The van der Waals surface area contributed by atoms with Gasteiger partial charge in [-0.05, 0) is 37.0 Å². The minimum Gasteiger partial charge on any atom is -0.377 e. The molecular weight excluding hydrogens is 419 g/mol. The molecule has 2 aromatic carbocycles. The van der Waals surface area contributed by atoms with Crippen LogP contribution in [0.4, 0.5) is 13.2 Å². The molecule has 4 rings (SSSR count). The SMILES string of the molecule is O=S(=O)(c1cc(F)cc(F)c1)N1CC2(CC(CCOCc3ccccc3F)CO2)C1. The number of nitrogens with zero attached hydrogens (tertiary/aromatic N) is 1. The number of rotatable bonds is 7. The van der Waals surface area contributed by atoms with E-state index in [-0.39, 0.29) is 31.4 Å². The Bertz CT molecular complexity index is 1000. The largest absolute Gasteiger partial charge is 0.377 e. The predicted octanol–water partition coefficient (Wildman–Crippen LogP) is 3.49.